The maximum Gasteiger partial charge on any atom is 0.254 e. The zero-order valence-electron chi connectivity index (χ0n) is 17.4. The van der Waals surface area contributed by atoms with E-state index in [2.05, 4.69) is 10.6 Å². The summed E-state index contributed by atoms with van der Waals surface area (Å²) in [5, 5.41) is 7.11. The second-order valence-electron chi connectivity index (χ2n) is 7.90. The number of nitrogens with zero attached hydrogens (tertiary/aromatic N) is 2. The Morgan fingerprint density at radius 1 is 1.27 bits per heavy atom. The second kappa shape index (κ2) is 8.44. The number of aliphatic imine (C=N–C) groups is 1. The molecule has 4 rings (SSSR count). The summed E-state index contributed by atoms with van der Waals surface area (Å²) in [6.07, 6.45) is 1.66. The first kappa shape index (κ1) is 20.3. The lowest BCUT2D eigenvalue weighted by molar-refractivity contribution is 0.0694. The number of nitrogens with one attached hydrogen (secondary N) is 2. The zero-order valence-corrected chi connectivity index (χ0v) is 17.4. The van der Waals surface area contributed by atoms with Crippen LogP contribution < -0.4 is 10.6 Å². The Morgan fingerprint density at radius 2 is 2.07 bits per heavy atom. The number of ether oxygens (including phenoxy) is 1. The third-order valence-electron chi connectivity index (χ3n) is 5.77. The molecular weight excluding hydrogens is 383 g/mol. The molecule has 6 nitrogen and oxygen atoms in total. The van der Waals surface area contributed by atoms with E-state index in [4.69, 9.17) is 9.73 Å². The number of likely N-dealkylation sites (tertiary alicyclic amines) is 1. The Balaban J connectivity index is 1.64. The molecule has 1 amide bonds. The van der Waals surface area contributed by atoms with Crippen molar-refractivity contribution in [1.82, 2.24) is 4.90 Å². The van der Waals surface area contributed by atoms with Crippen molar-refractivity contribution >= 4 is 23.1 Å². The van der Waals surface area contributed by atoms with Crippen LogP contribution in [0.1, 0.15) is 28.8 Å². The number of fused-ring (bicyclic) bond motifs is 1. The van der Waals surface area contributed by atoms with Crippen LogP contribution in [-0.4, -0.2) is 55.5 Å². The molecule has 2 aliphatic rings. The van der Waals surface area contributed by atoms with E-state index in [9.17, 15) is 9.18 Å². The smallest absolute Gasteiger partial charge is 0.254 e. The lowest BCUT2D eigenvalue weighted by Crippen LogP contribution is -2.62. The highest BCUT2D eigenvalue weighted by molar-refractivity contribution is 6.10. The molecule has 0 unspecified atom stereocenters. The van der Waals surface area contributed by atoms with Gasteiger partial charge in [0, 0.05) is 19.2 Å². The molecule has 1 atom stereocenters. The van der Waals surface area contributed by atoms with Crippen molar-refractivity contribution in [3.05, 3.63) is 59.4 Å². The Kier molecular flexibility index (Phi) is 5.72. The van der Waals surface area contributed by atoms with Gasteiger partial charge >= 0.3 is 0 Å². The molecule has 0 aromatic heterocycles. The summed E-state index contributed by atoms with van der Waals surface area (Å²) in [6.45, 7) is 3.83. The van der Waals surface area contributed by atoms with Crippen LogP contribution >= 0.6 is 0 Å². The number of carbonyl (C=O) groups is 1. The van der Waals surface area contributed by atoms with Gasteiger partial charge in [0.05, 0.1) is 31.1 Å². The number of amidine groups is 1. The first-order valence-electron chi connectivity index (χ1n) is 10.3. The third-order valence-corrected chi connectivity index (χ3v) is 5.77. The van der Waals surface area contributed by atoms with Gasteiger partial charge in [0.1, 0.15) is 17.2 Å². The molecule has 2 aromatic rings. The van der Waals surface area contributed by atoms with Gasteiger partial charge in [-0.05, 0) is 49.6 Å². The highest BCUT2D eigenvalue weighted by Gasteiger charge is 2.44. The van der Waals surface area contributed by atoms with Gasteiger partial charge in [-0.25, -0.2) is 4.39 Å². The van der Waals surface area contributed by atoms with Gasteiger partial charge < -0.3 is 20.3 Å². The molecule has 2 aromatic carbocycles. The van der Waals surface area contributed by atoms with Gasteiger partial charge in [-0.15, -0.1) is 0 Å². The summed E-state index contributed by atoms with van der Waals surface area (Å²) in [4.78, 5) is 19.7. The average molecular weight is 410 g/mol. The zero-order chi connectivity index (χ0) is 21.1. The molecule has 2 aliphatic heterocycles. The molecule has 0 saturated carbocycles. The largest absolute Gasteiger partial charge is 0.383 e. The van der Waals surface area contributed by atoms with E-state index >= 15 is 0 Å². The van der Waals surface area contributed by atoms with Crippen molar-refractivity contribution in [1.29, 1.82) is 0 Å². The van der Waals surface area contributed by atoms with E-state index in [1.807, 2.05) is 24.3 Å². The molecule has 0 bridgehead atoms. The number of methoxy groups -OCH3 is 1. The van der Waals surface area contributed by atoms with Gasteiger partial charge in [0.2, 0.25) is 0 Å². The number of halogens is 1. The van der Waals surface area contributed by atoms with Crippen LogP contribution in [0.2, 0.25) is 0 Å². The van der Waals surface area contributed by atoms with E-state index in [0.29, 0.717) is 37.4 Å². The number of hydrogen-bond donors (Lipinski definition) is 2. The number of aryl methyl sites for hydroxylation is 1. The van der Waals surface area contributed by atoms with Crippen molar-refractivity contribution < 1.29 is 13.9 Å². The summed E-state index contributed by atoms with van der Waals surface area (Å²) in [5.41, 5.74) is 2.34. The minimum Gasteiger partial charge on any atom is -0.383 e. The first-order valence-corrected chi connectivity index (χ1v) is 10.3. The number of anilines is 2. The van der Waals surface area contributed by atoms with E-state index in [0.717, 1.165) is 30.1 Å². The van der Waals surface area contributed by atoms with E-state index < -0.39 is 5.54 Å². The van der Waals surface area contributed by atoms with E-state index in [1.165, 1.54) is 6.07 Å². The van der Waals surface area contributed by atoms with Crippen molar-refractivity contribution in [2.24, 2.45) is 4.99 Å². The Hall–Kier alpha value is -2.93. The second-order valence-corrected chi connectivity index (χ2v) is 7.90. The standard InChI is InChI=1S/C23H27FN4O2/c1-16-8-9-17(14-18(16)24)21(29)28-12-5-10-23(15-28)22(25-11-13-30-2)26-19-6-3-4-7-20(19)27-23/h3-4,6-9,14,27H,5,10-13,15H2,1-2H3,(H,25,26)/t23-/m1/s1. The Bertz CT molecular complexity index is 977. The number of para-hydroxylation sites is 2. The summed E-state index contributed by atoms with van der Waals surface area (Å²) < 4.78 is 19.2. The predicted octanol–water partition coefficient (Wildman–Crippen LogP) is 3.69. The molecular formula is C23H27FN4O2. The number of carbonyl (C=O) groups excluding carboxylic acids is 1. The van der Waals surface area contributed by atoms with Crippen molar-refractivity contribution in [2.45, 2.75) is 25.3 Å². The number of benzene rings is 2. The summed E-state index contributed by atoms with van der Waals surface area (Å²) in [7, 11) is 1.65. The third kappa shape index (κ3) is 3.89. The number of rotatable bonds is 4. The number of amides is 1. The maximum absolute atomic E-state index is 14.0. The molecule has 30 heavy (non-hydrogen) atoms. The van der Waals surface area contributed by atoms with Crippen LogP contribution in [-0.2, 0) is 4.74 Å². The van der Waals surface area contributed by atoms with Gasteiger partial charge in [-0.2, -0.15) is 0 Å². The molecule has 2 N–H and O–H groups in total. The molecule has 7 heteroatoms. The molecule has 1 saturated heterocycles. The highest BCUT2D eigenvalue weighted by atomic mass is 19.1. The fourth-order valence-corrected chi connectivity index (χ4v) is 4.14. The van der Waals surface area contributed by atoms with Gasteiger partial charge in [0.25, 0.3) is 5.91 Å². The number of hydrogen-bond acceptors (Lipinski definition) is 4. The average Bonchev–Trinajstić information content (AvgIpc) is 2.76. The summed E-state index contributed by atoms with van der Waals surface area (Å²) in [6, 6.07) is 12.6. The minimum atomic E-state index is -0.515. The number of piperidine rings is 1. The van der Waals surface area contributed by atoms with Crippen LogP contribution in [0.25, 0.3) is 0 Å². The van der Waals surface area contributed by atoms with E-state index in [-0.39, 0.29) is 11.7 Å². The molecule has 2 heterocycles. The predicted molar refractivity (Wildman–Crippen MR) is 117 cm³/mol. The monoisotopic (exact) mass is 410 g/mol. The normalized spacial score (nSPS) is 21.8. The lowest BCUT2D eigenvalue weighted by Gasteiger charge is -2.47. The van der Waals surface area contributed by atoms with Crippen molar-refractivity contribution in [3.63, 3.8) is 0 Å². The Labute approximate surface area is 176 Å². The minimum absolute atomic E-state index is 0.162. The van der Waals surface area contributed by atoms with Crippen LogP contribution in [0.4, 0.5) is 15.8 Å². The summed E-state index contributed by atoms with van der Waals surface area (Å²) >= 11 is 0. The molecule has 1 fully saturated rings. The molecule has 0 radical (unpaired) electrons. The molecule has 158 valence electrons. The van der Waals surface area contributed by atoms with Crippen LogP contribution in [0.3, 0.4) is 0 Å². The van der Waals surface area contributed by atoms with Crippen LogP contribution in [0.5, 0.6) is 0 Å². The van der Waals surface area contributed by atoms with Gasteiger partial charge in [0.15, 0.2) is 0 Å². The van der Waals surface area contributed by atoms with Crippen molar-refractivity contribution in [2.75, 3.05) is 44.0 Å². The lowest BCUT2D eigenvalue weighted by atomic mass is 9.84. The maximum atomic E-state index is 14.0. The fraction of sp³-hybridized carbons (Fsp3) is 0.391. The highest BCUT2D eigenvalue weighted by Crippen LogP contribution is 2.36. The SMILES string of the molecule is COCCN=C1Nc2ccccc2N[C@@]12CCCN(C(=O)c1ccc(C)c(F)c1)C2. The summed E-state index contributed by atoms with van der Waals surface area (Å²) in [5.74, 6) is 0.288. The van der Waals surface area contributed by atoms with E-state index in [1.54, 1.807) is 31.1 Å². The van der Waals surface area contributed by atoms with Gasteiger partial charge in [-0.1, -0.05) is 18.2 Å². The van der Waals surface area contributed by atoms with Crippen LogP contribution in [0, 0.1) is 12.7 Å². The Morgan fingerprint density at radius 3 is 2.83 bits per heavy atom. The fourth-order valence-electron chi connectivity index (χ4n) is 4.14. The first-order chi connectivity index (χ1) is 14.5. The molecule has 1 spiro atoms. The quantitative estimate of drug-likeness (QED) is 0.755. The topological polar surface area (TPSA) is 66.0 Å². The van der Waals surface area contributed by atoms with Crippen molar-refractivity contribution in [3.8, 4) is 0 Å². The van der Waals surface area contributed by atoms with Gasteiger partial charge in [-0.3, -0.25) is 9.79 Å². The van der Waals surface area contributed by atoms with Crippen LogP contribution in [0.15, 0.2) is 47.5 Å². The molecule has 0 aliphatic carbocycles.